The topological polar surface area (TPSA) is 44.8 Å². The molecule has 0 aromatic heterocycles. The first-order valence-electron chi connectivity index (χ1n) is 6.94. The summed E-state index contributed by atoms with van der Waals surface area (Å²) in [6.07, 6.45) is 1.95. The number of benzene rings is 1. The standard InChI is InChI=1S/C14H21Cl2O4P/c1-5-10(3)12-7-8-14(13(9-12)11(4)6-2)18-21(17,19-15)20-16/h7-11H,5-6H2,1-4H3. The molecule has 7 heteroatoms. The van der Waals surface area contributed by atoms with Gasteiger partial charge in [0.15, 0.2) is 0 Å². The molecule has 1 rings (SSSR count). The third-order valence-corrected chi connectivity index (χ3v) is 5.51. The van der Waals surface area contributed by atoms with Crippen LogP contribution in [0.4, 0.5) is 0 Å². The summed E-state index contributed by atoms with van der Waals surface area (Å²) in [6.45, 7) is 8.43. The van der Waals surface area contributed by atoms with Crippen molar-refractivity contribution in [3.05, 3.63) is 29.3 Å². The van der Waals surface area contributed by atoms with Crippen molar-refractivity contribution in [3.8, 4) is 5.75 Å². The zero-order valence-electron chi connectivity index (χ0n) is 12.6. The highest BCUT2D eigenvalue weighted by atomic mass is 35.5. The maximum atomic E-state index is 11.9. The van der Waals surface area contributed by atoms with E-state index in [2.05, 4.69) is 41.9 Å². The van der Waals surface area contributed by atoms with Crippen LogP contribution in [-0.4, -0.2) is 0 Å². The maximum absolute atomic E-state index is 11.9. The van der Waals surface area contributed by atoms with Gasteiger partial charge in [-0.05, 0) is 41.9 Å². The number of hydrogen-bond donors (Lipinski definition) is 0. The highest BCUT2D eigenvalue weighted by Crippen LogP contribution is 2.53. The predicted molar refractivity (Wildman–Crippen MR) is 86.0 cm³/mol. The molecule has 0 bridgehead atoms. The summed E-state index contributed by atoms with van der Waals surface area (Å²) < 4.78 is 25.6. The summed E-state index contributed by atoms with van der Waals surface area (Å²) in [7, 11) is -4.00. The molecular weight excluding hydrogens is 334 g/mol. The Morgan fingerprint density at radius 2 is 1.67 bits per heavy atom. The fourth-order valence-electron chi connectivity index (χ4n) is 1.96. The molecule has 0 aliphatic heterocycles. The molecule has 0 fully saturated rings. The van der Waals surface area contributed by atoms with Crippen LogP contribution < -0.4 is 4.52 Å². The predicted octanol–water partition coefficient (Wildman–Crippen LogP) is 6.54. The largest absolute Gasteiger partial charge is 0.563 e. The molecule has 0 heterocycles. The molecule has 0 saturated heterocycles. The van der Waals surface area contributed by atoms with Crippen LogP contribution in [0.15, 0.2) is 18.2 Å². The molecule has 120 valence electrons. The zero-order chi connectivity index (χ0) is 16.0. The molecule has 1 aromatic rings. The van der Waals surface area contributed by atoms with Crippen molar-refractivity contribution < 1.29 is 17.2 Å². The van der Waals surface area contributed by atoms with Gasteiger partial charge in [0.1, 0.15) is 5.75 Å². The first kappa shape index (κ1) is 18.8. The van der Waals surface area contributed by atoms with Crippen LogP contribution >= 0.6 is 31.6 Å². The monoisotopic (exact) mass is 354 g/mol. The summed E-state index contributed by atoms with van der Waals surface area (Å²) in [5.41, 5.74) is 2.13. The zero-order valence-corrected chi connectivity index (χ0v) is 15.0. The van der Waals surface area contributed by atoms with Gasteiger partial charge in [-0.25, -0.2) is 4.57 Å². The summed E-state index contributed by atoms with van der Waals surface area (Å²) >= 11 is 10.3. The van der Waals surface area contributed by atoms with E-state index in [1.165, 1.54) is 5.56 Å². The van der Waals surface area contributed by atoms with Gasteiger partial charge in [-0.15, -0.1) is 0 Å². The Morgan fingerprint density at radius 1 is 1.10 bits per heavy atom. The average molecular weight is 355 g/mol. The Bertz CT molecular complexity index is 502. The number of rotatable bonds is 8. The van der Waals surface area contributed by atoms with Crippen LogP contribution in [0.25, 0.3) is 0 Å². The average Bonchev–Trinajstić information content (AvgIpc) is 2.53. The van der Waals surface area contributed by atoms with Gasteiger partial charge >= 0.3 is 7.82 Å². The molecule has 2 atom stereocenters. The first-order valence-corrected chi connectivity index (χ1v) is 9.02. The fraction of sp³-hybridized carbons (Fsp3) is 0.571. The Hall–Kier alpha value is -0.250. The molecule has 0 N–H and O–H groups in total. The quantitative estimate of drug-likeness (QED) is 0.497. The summed E-state index contributed by atoms with van der Waals surface area (Å²) in [5.74, 6) is 1.06. The second-order valence-electron chi connectivity index (χ2n) is 5.09. The van der Waals surface area contributed by atoms with E-state index in [1.807, 2.05) is 6.07 Å². The lowest BCUT2D eigenvalue weighted by Gasteiger charge is -2.20. The van der Waals surface area contributed by atoms with E-state index in [4.69, 9.17) is 28.3 Å². The molecule has 4 nitrogen and oxygen atoms in total. The van der Waals surface area contributed by atoms with Gasteiger partial charge in [0.05, 0.1) is 23.7 Å². The summed E-state index contributed by atoms with van der Waals surface area (Å²) in [6, 6.07) is 5.74. The SMILES string of the molecule is CCC(C)c1ccc(OP(=O)(OCl)OCl)c(C(C)CC)c1. The van der Waals surface area contributed by atoms with Crippen LogP contribution in [0.1, 0.15) is 63.5 Å². The number of halogens is 2. The van der Waals surface area contributed by atoms with Gasteiger partial charge < -0.3 is 4.52 Å². The highest BCUT2D eigenvalue weighted by molar-refractivity contribution is 7.50. The molecule has 0 radical (unpaired) electrons. The van der Waals surface area contributed by atoms with Crippen LogP contribution in [0.2, 0.25) is 0 Å². The van der Waals surface area contributed by atoms with E-state index in [0.717, 1.165) is 18.4 Å². The number of phosphoric acid groups is 1. The molecule has 1 aromatic carbocycles. The van der Waals surface area contributed by atoms with Gasteiger partial charge in [-0.1, -0.05) is 39.8 Å². The minimum atomic E-state index is -4.00. The van der Waals surface area contributed by atoms with Crippen LogP contribution in [0, 0.1) is 0 Å². The smallest absolute Gasteiger partial charge is 0.402 e. The van der Waals surface area contributed by atoms with Crippen molar-refractivity contribution >= 4 is 31.6 Å². The van der Waals surface area contributed by atoms with E-state index in [1.54, 1.807) is 6.07 Å². The molecule has 2 unspecified atom stereocenters. The van der Waals surface area contributed by atoms with Crippen molar-refractivity contribution in [2.24, 2.45) is 0 Å². The third kappa shape index (κ3) is 4.87. The highest BCUT2D eigenvalue weighted by Gasteiger charge is 2.30. The maximum Gasteiger partial charge on any atom is 0.563 e. The summed E-state index contributed by atoms with van der Waals surface area (Å²) in [5, 5.41) is 0. The minimum Gasteiger partial charge on any atom is -0.402 e. The lowest BCUT2D eigenvalue weighted by Crippen LogP contribution is -2.02. The van der Waals surface area contributed by atoms with Gasteiger partial charge in [0, 0.05) is 0 Å². The Kier molecular flexibility index (Phi) is 7.52. The second kappa shape index (κ2) is 8.40. The molecular formula is C14H21Cl2O4P. The van der Waals surface area contributed by atoms with Crippen molar-refractivity contribution in [1.82, 2.24) is 0 Å². The Labute approximate surface area is 136 Å². The lowest BCUT2D eigenvalue weighted by atomic mass is 9.91. The van der Waals surface area contributed by atoms with Gasteiger partial charge in [0.2, 0.25) is 0 Å². The molecule has 0 aliphatic carbocycles. The Balaban J connectivity index is 3.22. The van der Waals surface area contributed by atoms with Gasteiger partial charge in [-0.2, -0.15) is 8.15 Å². The van der Waals surface area contributed by atoms with Crippen LogP contribution in [0.5, 0.6) is 5.75 Å². The summed E-state index contributed by atoms with van der Waals surface area (Å²) in [4.78, 5) is 0. The Morgan fingerprint density at radius 3 is 2.14 bits per heavy atom. The van der Waals surface area contributed by atoms with Gasteiger partial charge in [0.25, 0.3) is 0 Å². The van der Waals surface area contributed by atoms with Crippen molar-refractivity contribution in [2.45, 2.75) is 52.4 Å². The number of hydrogen-bond acceptors (Lipinski definition) is 4. The lowest BCUT2D eigenvalue weighted by molar-refractivity contribution is 0.316. The van der Waals surface area contributed by atoms with E-state index in [0.29, 0.717) is 11.7 Å². The van der Waals surface area contributed by atoms with Crippen molar-refractivity contribution in [3.63, 3.8) is 0 Å². The normalized spacial score (nSPS) is 14.8. The molecule has 21 heavy (non-hydrogen) atoms. The van der Waals surface area contributed by atoms with Crippen LogP contribution in [-0.2, 0) is 12.7 Å². The van der Waals surface area contributed by atoms with Crippen LogP contribution in [0.3, 0.4) is 0 Å². The molecule has 0 spiro atoms. The third-order valence-electron chi connectivity index (χ3n) is 3.74. The van der Waals surface area contributed by atoms with E-state index >= 15 is 0 Å². The van der Waals surface area contributed by atoms with E-state index < -0.39 is 7.82 Å². The molecule has 0 amide bonds. The first-order chi connectivity index (χ1) is 9.90. The fourth-order valence-corrected chi connectivity index (χ4v) is 2.87. The molecule has 0 saturated carbocycles. The second-order valence-corrected chi connectivity index (χ2v) is 7.27. The molecule has 0 aliphatic rings. The van der Waals surface area contributed by atoms with Gasteiger partial charge in [-0.3, -0.25) is 0 Å². The van der Waals surface area contributed by atoms with E-state index in [9.17, 15) is 4.57 Å². The van der Waals surface area contributed by atoms with Crippen molar-refractivity contribution in [2.75, 3.05) is 0 Å². The van der Waals surface area contributed by atoms with E-state index in [-0.39, 0.29) is 5.92 Å². The van der Waals surface area contributed by atoms with Crippen molar-refractivity contribution in [1.29, 1.82) is 0 Å². The minimum absolute atomic E-state index is 0.225.